The molecule has 8 nitrogen and oxygen atoms in total. The van der Waals surface area contributed by atoms with Crippen LogP contribution in [0.4, 0.5) is 11.6 Å². The number of anilines is 2. The lowest BCUT2D eigenvalue weighted by Gasteiger charge is -2.16. The van der Waals surface area contributed by atoms with Crippen LogP contribution in [0.3, 0.4) is 0 Å². The summed E-state index contributed by atoms with van der Waals surface area (Å²) in [5, 5.41) is 11.3. The minimum absolute atomic E-state index is 0.184. The molecule has 0 bridgehead atoms. The monoisotopic (exact) mass is 288 g/mol. The molecule has 21 heavy (non-hydrogen) atoms. The van der Waals surface area contributed by atoms with E-state index in [9.17, 15) is 9.59 Å². The average molecular weight is 288 g/mol. The predicted octanol–water partition coefficient (Wildman–Crippen LogP) is 0.0367. The first-order valence-electron chi connectivity index (χ1n) is 6.47. The zero-order valence-electron chi connectivity index (χ0n) is 12.6. The van der Waals surface area contributed by atoms with E-state index in [1.165, 1.54) is 4.68 Å². The van der Waals surface area contributed by atoms with E-state index in [0.717, 1.165) is 0 Å². The highest BCUT2D eigenvalue weighted by atomic mass is 16.1. The van der Waals surface area contributed by atoms with Gasteiger partial charge in [0, 0.05) is 35.2 Å². The number of nitrogens with one attached hydrogen (secondary N) is 1. The summed E-state index contributed by atoms with van der Waals surface area (Å²) in [7, 11) is 8.66. The molecule has 0 unspecified atom stereocenters. The lowest BCUT2D eigenvalue weighted by atomic mass is 9.92. The summed E-state index contributed by atoms with van der Waals surface area (Å²) in [6, 6.07) is 0. The van der Waals surface area contributed by atoms with Crippen LogP contribution < -0.4 is 10.2 Å². The quantitative estimate of drug-likeness (QED) is 0.716. The summed E-state index contributed by atoms with van der Waals surface area (Å²) >= 11 is 0. The predicted molar refractivity (Wildman–Crippen MR) is 77.2 cm³/mol. The van der Waals surface area contributed by atoms with Crippen LogP contribution in [-0.2, 0) is 14.1 Å². The number of fused-ring (bicyclic) bond motifs is 2. The van der Waals surface area contributed by atoms with Crippen molar-refractivity contribution in [3.63, 3.8) is 0 Å². The van der Waals surface area contributed by atoms with Crippen LogP contribution in [0.5, 0.6) is 0 Å². The Hall–Kier alpha value is -2.64. The Labute approximate surface area is 121 Å². The third kappa shape index (κ3) is 1.55. The summed E-state index contributed by atoms with van der Waals surface area (Å²) in [6.45, 7) is 0. The van der Waals surface area contributed by atoms with Crippen molar-refractivity contribution in [1.82, 2.24) is 19.6 Å². The molecule has 3 rings (SSSR count). The SMILES string of the molecule is CNc1nn(C)c2c1C(=O)c1nn(C)c(N(C)C)c1C2=O. The molecule has 110 valence electrons. The lowest BCUT2D eigenvalue weighted by Crippen LogP contribution is -2.24. The van der Waals surface area contributed by atoms with E-state index in [-0.39, 0.29) is 17.3 Å². The van der Waals surface area contributed by atoms with Gasteiger partial charge in [-0.25, -0.2) is 0 Å². The normalized spacial score (nSPS) is 13.2. The number of ketones is 2. The van der Waals surface area contributed by atoms with Crippen LogP contribution in [0.2, 0.25) is 0 Å². The summed E-state index contributed by atoms with van der Waals surface area (Å²) in [6.07, 6.45) is 0. The molecular weight excluding hydrogens is 272 g/mol. The first-order valence-corrected chi connectivity index (χ1v) is 6.47. The number of carbonyl (C=O) groups is 2. The van der Waals surface area contributed by atoms with Gasteiger partial charge in [0.25, 0.3) is 0 Å². The molecule has 1 aliphatic carbocycles. The zero-order valence-corrected chi connectivity index (χ0v) is 12.6. The summed E-state index contributed by atoms with van der Waals surface area (Å²) in [4.78, 5) is 27.3. The van der Waals surface area contributed by atoms with Gasteiger partial charge in [-0.3, -0.25) is 19.0 Å². The standard InChI is InChI=1S/C13H16N6O2/c1-14-12-7-9(18(4)16-12)11(21)6-8(10(7)20)15-19(5)13(6)17(2)3/h1-5H3,(H,14,16). The largest absolute Gasteiger partial charge is 0.371 e. The minimum atomic E-state index is -0.277. The van der Waals surface area contributed by atoms with Gasteiger partial charge in [0.2, 0.25) is 11.6 Å². The van der Waals surface area contributed by atoms with Crippen LogP contribution >= 0.6 is 0 Å². The van der Waals surface area contributed by atoms with E-state index in [1.54, 1.807) is 30.7 Å². The van der Waals surface area contributed by atoms with Gasteiger partial charge in [0.15, 0.2) is 5.82 Å². The number of aryl methyl sites for hydroxylation is 2. The molecule has 0 saturated heterocycles. The van der Waals surface area contributed by atoms with Crippen molar-refractivity contribution in [3.05, 3.63) is 22.5 Å². The average Bonchev–Trinajstić information content (AvgIpc) is 2.94. The van der Waals surface area contributed by atoms with E-state index in [4.69, 9.17) is 0 Å². The molecule has 1 aliphatic rings. The Balaban J connectivity index is 2.34. The highest BCUT2D eigenvalue weighted by Crippen LogP contribution is 2.35. The van der Waals surface area contributed by atoms with Crippen LogP contribution in [0.25, 0.3) is 0 Å². The van der Waals surface area contributed by atoms with Crippen LogP contribution in [-0.4, -0.2) is 52.3 Å². The van der Waals surface area contributed by atoms with Gasteiger partial charge < -0.3 is 10.2 Å². The number of aromatic nitrogens is 4. The Morgan fingerprint density at radius 3 is 2.24 bits per heavy atom. The van der Waals surface area contributed by atoms with Crippen molar-refractivity contribution >= 4 is 23.2 Å². The highest BCUT2D eigenvalue weighted by Gasteiger charge is 2.40. The summed E-state index contributed by atoms with van der Waals surface area (Å²) in [5.74, 6) is 0.503. The van der Waals surface area contributed by atoms with E-state index in [1.807, 2.05) is 14.1 Å². The minimum Gasteiger partial charge on any atom is -0.371 e. The fourth-order valence-corrected chi connectivity index (χ4v) is 2.81. The molecule has 0 spiro atoms. The van der Waals surface area contributed by atoms with Gasteiger partial charge in [-0.2, -0.15) is 10.2 Å². The van der Waals surface area contributed by atoms with E-state index in [0.29, 0.717) is 28.5 Å². The maximum atomic E-state index is 12.8. The Morgan fingerprint density at radius 2 is 1.67 bits per heavy atom. The second-order valence-corrected chi connectivity index (χ2v) is 5.17. The molecule has 0 aromatic carbocycles. The Bertz CT molecular complexity index is 783. The second kappa shape index (κ2) is 4.18. The Kier molecular flexibility index (Phi) is 2.65. The molecule has 8 heteroatoms. The van der Waals surface area contributed by atoms with E-state index < -0.39 is 0 Å². The van der Waals surface area contributed by atoms with Crippen molar-refractivity contribution in [2.75, 3.05) is 31.4 Å². The summed E-state index contributed by atoms with van der Waals surface area (Å²) < 4.78 is 3.00. The van der Waals surface area contributed by atoms with Gasteiger partial charge in [0.05, 0.1) is 11.1 Å². The molecule has 0 aliphatic heterocycles. The lowest BCUT2D eigenvalue weighted by molar-refractivity contribution is 0.0972. The molecule has 1 N–H and O–H groups in total. The molecule has 0 atom stereocenters. The molecule has 0 saturated carbocycles. The number of nitrogens with zero attached hydrogens (tertiary/aromatic N) is 5. The van der Waals surface area contributed by atoms with Crippen LogP contribution in [0.15, 0.2) is 0 Å². The number of rotatable bonds is 2. The first-order chi connectivity index (χ1) is 9.88. The number of hydrogen-bond donors (Lipinski definition) is 1. The third-order valence-electron chi connectivity index (χ3n) is 3.61. The summed E-state index contributed by atoms with van der Waals surface area (Å²) in [5.41, 5.74) is 1.11. The smallest absolute Gasteiger partial charge is 0.220 e. The van der Waals surface area contributed by atoms with Crippen molar-refractivity contribution in [3.8, 4) is 0 Å². The maximum Gasteiger partial charge on any atom is 0.220 e. The number of hydrogen-bond acceptors (Lipinski definition) is 6. The van der Waals surface area contributed by atoms with Gasteiger partial charge in [0.1, 0.15) is 17.2 Å². The van der Waals surface area contributed by atoms with Crippen LogP contribution in [0.1, 0.15) is 32.1 Å². The van der Waals surface area contributed by atoms with Gasteiger partial charge in [-0.15, -0.1) is 0 Å². The third-order valence-corrected chi connectivity index (χ3v) is 3.61. The highest BCUT2D eigenvalue weighted by molar-refractivity contribution is 6.30. The molecule has 0 radical (unpaired) electrons. The van der Waals surface area contributed by atoms with Crippen LogP contribution in [0, 0.1) is 0 Å². The molecule has 2 heterocycles. The van der Waals surface area contributed by atoms with Gasteiger partial charge in [-0.1, -0.05) is 0 Å². The van der Waals surface area contributed by atoms with E-state index in [2.05, 4.69) is 15.5 Å². The zero-order chi connectivity index (χ0) is 15.5. The molecule has 0 amide bonds. The van der Waals surface area contributed by atoms with Gasteiger partial charge >= 0.3 is 0 Å². The fraction of sp³-hybridized carbons (Fsp3) is 0.385. The molecular formula is C13H16N6O2. The van der Waals surface area contributed by atoms with Crippen molar-refractivity contribution in [2.45, 2.75) is 0 Å². The second-order valence-electron chi connectivity index (χ2n) is 5.17. The van der Waals surface area contributed by atoms with E-state index >= 15 is 0 Å². The van der Waals surface area contributed by atoms with Gasteiger partial charge in [-0.05, 0) is 0 Å². The first kappa shape index (κ1) is 13.3. The van der Waals surface area contributed by atoms with Crippen molar-refractivity contribution in [1.29, 1.82) is 0 Å². The molecule has 2 aromatic rings. The van der Waals surface area contributed by atoms with Crippen molar-refractivity contribution in [2.24, 2.45) is 14.1 Å². The Morgan fingerprint density at radius 1 is 1.00 bits per heavy atom. The fourth-order valence-electron chi connectivity index (χ4n) is 2.81. The number of carbonyl (C=O) groups excluding carboxylic acids is 2. The molecule has 0 fully saturated rings. The maximum absolute atomic E-state index is 12.8. The molecule has 2 aromatic heterocycles. The van der Waals surface area contributed by atoms with Crippen molar-refractivity contribution < 1.29 is 9.59 Å². The topological polar surface area (TPSA) is 85.1 Å².